The van der Waals surface area contributed by atoms with Crippen molar-refractivity contribution in [2.45, 2.75) is 50.6 Å². The Kier molecular flexibility index (Phi) is 6.29. The van der Waals surface area contributed by atoms with Gasteiger partial charge in [0.25, 0.3) is 12.2 Å². The van der Waals surface area contributed by atoms with Crippen molar-refractivity contribution in [1.29, 1.82) is 0 Å². The van der Waals surface area contributed by atoms with Crippen LogP contribution in [0.1, 0.15) is 55.8 Å². The molecule has 2 fully saturated rings. The molecule has 0 N–H and O–H groups in total. The molecule has 0 radical (unpaired) electrons. The summed E-state index contributed by atoms with van der Waals surface area (Å²) in [6.45, 7) is 2.24. The van der Waals surface area contributed by atoms with E-state index in [2.05, 4.69) is 15.1 Å². The maximum atomic E-state index is 13.4. The molecule has 29 heavy (non-hydrogen) atoms. The topological polar surface area (TPSA) is 81.9 Å². The van der Waals surface area contributed by atoms with Crippen molar-refractivity contribution in [2.75, 3.05) is 32.9 Å². The van der Waals surface area contributed by atoms with Gasteiger partial charge in [0.05, 0.1) is 18.4 Å². The van der Waals surface area contributed by atoms with Crippen LogP contribution >= 0.6 is 0 Å². The van der Waals surface area contributed by atoms with Crippen LogP contribution in [0.3, 0.4) is 0 Å². The van der Waals surface area contributed by atoms with Gasteiger partial charge in [0, 0.05) is 25.6 Å². The number of fused-ring (bicyclic) bond motifs is 1. The van der Waals surface area contributed by atoms with E-state index >= 15 is 0 Å². The van der Waals surface area contributed by atoms with E-state index in [0.717, 1.165) is 43.2 Å². The van der Waals surface area contributed by atoms with E-state index in [0.29, 0.717) is 25.4 Å². The molecule has 158 valence electrons. The lowest BCUT2D eigenvalue weighted by molar-refractivity contribution is -0.139. The molecule has 4 rings (SSSR count). The van der Waals surface area contributed by atoms with Crippen molar-refractivity contribution < 1.29 is 23.0 Å². The van der Waals surface area contributed by atoms with Crippen molar-refractivity contribution in [3.05, 3.63) is 23.8 Å². The highest BCUT2D eigenvalue weighted by Crippen LogP contribution is 2.29. The van der Waals surface area contributed by atoms with Crippen LogP contribution in [-0.2, 0) is 14.3 Å². The number of hydrogen-bond acceptors (Lipinski definition) is 6. The van der Waals surface area contributed by atoms with Gasteiger partial charge in [-0.05, 0) is 38.2 Å². The Bertz CT molecular complexity index is 840. The Labute approximate surface area is 167 Å². The van der Waals surface area contributed by atoms with E-state index in [1.54, 1.807) is 4.90 Å². The third-order valence-electron chi connectivity index (χ3n) is 5.52. The fraction of sp³-hybridized carbons (Fsp3) is 0.684. The zero-order chi connectivity index (χ0) is 20.2. The van der Waals surface area contributed by atoms with E-state index in [9.17, 15) is 13.6 Å². The molecule has 0 aromatic carbocycles. The average Bonchev–Trinajstić information content (AvgIpc) is 3.22. The average molecular weight is 409 g/mol. The SMILES string of the molecule is O=C(COC[C@@H]1CCCCO1)N1CCC[C@H](c2cc(C(F)F)n3ncnc3n2)C1. The molecule has 4 heterocycles. The van der Waals surface area contributed by atoms with Crippen LogP contribution < -0.4 is 0 Å². The van der Waals surface area contributed by atoms with E-state index in [1.807, 2.05) is 0 Å². The highest BCUT2D eigenvalue weighted by Gasteiger charge is 2.28. The lowest BCUT2D eigenvalue weighted by Gasteiger charge is -2.32. The number of rotatable bonds is 6. The van der Waals surface area contributed by atoms with Crippen molar-refractivity contribution in [3.63, 3.8) is 0 Å². The second-order valence-corrected chi connectivity index (χ2v) is 7.56. The lowest BCUT2D eigenvalue weighted by atomic mass is 9.94. The Hall–Kier alpha value is -2.20. The predicted molar refractivity (Wildman–Crippen MR) is 98.7 cm³/mol. The normalized spacial score (nSPS) is 23.1. The van der Waals surface area contributed by atoms with E-state index in [4.69, 9.17) is 9.47 Å². The van der Waals surface area contributed by atoms with Crippen LogP contribution in [0.5, 0.6) is 0 Å². The molecular formula is C19H25F2N5O3. The number of ether oxygens (including phenoxy) is 2. The number of nitrogens with zero attached hydrogens (tertiary/aromatic N) is 5. The summed E-state index contributed by atoms with van der Waals surface area (Å²) in [5.74, 6) is -0.0613. The molecule has 0 spiro atoms. The maximum absolute atomic E-state index is 13.4. The number of carbonyl (C=O) groups excluding carboxylic acids is 1. The van der Waals surface area contributed by atoms with Crippen LogP contribution in [-0.4, -0.2) is 69.4 Å². The Morgan fingerprint density at radius 1 is 1.31 bits per heavy atom. The molecule has 1 amide bonds. The number of alkyl halides is 2. The van der Waals surface area contributed by atoms with E-state index < -0.39 is 6.43 Å². The third kappa shape index (κ3) is 4.69. The van der Waals surface area contributed by atoms with Crippen molar-refractivity contribution in [2.24, 2.45) is 0 Å². The molecule has 2 aliphatic rings. The van der Waals surface area contributed by atoms with E-state index in [1.165, 1.54) is 12.4 Å². The Morgan fingerprint density at radius 3 is 3.00 bits per heavy atom. The van der Waals surface area contributed by atoms with Crippen molar-refractivity contribution in [3.8, 4) is 0 Å². The highest BCUT2D eigenvalue weighted by atomic mass is 19.3. The molecule has 2 saturated heterocycles. The van der Waals surface area contributed by atoms with Gasteiger partial charge in [-0.3, -0.25) is 4.79 Å². The molecule has 10 heteroatoms. The number of amides is 1. The molecule has 2 aromatic rings. The van der Waals surface area contributed by atoms with Gasteiger partial charge in [0.1, 0.15) is 18.6 Å². The summed E-state index contributed by atoms with van der Waals surface area (Å²) >= 11 is 0. The number of likely N-dealkylation sites (tertiary alicyclic amines) is 1. The first-order valence-electron chi connectivity index (χ1n) is 10.1. The van der Waals surface area contributed by atoms with E-state index in [-0.39, 0.29) is 36.0 Å². The van der Waals surface area contributed by atoms with Gasteiger partial charge in [-0.25, -0.2) is 13.8 Å². The fourth-order valence-corrected chi connectivity index (χ4v) is 3.97. The first-order valence-corrected chi connectivity index (χ1v) is 10.1. The summed E-state index contributed by atoms with van der Waals surface area (Å²) in [6.07, 6.45) is 3.32. The van der Waals surface area contributed by atoms with Gasteiger partial charge in [-0.15, -0.1) is 0 Å². The summed E-state index contributed by atoms with van der Waals surface area (Å²) in [5.41, 5.74) is 0.289. The summed E-state index contributed by atoms with van der Waals surface area (Å²) in [4.78, 5) is 22.6. The largest absolute Gasteiger partial charge is 0.376 e. The first kappa shape index (κ1) is 20.1. The Balaban J connectivity index is 1.37. The molecule has 0 bridgehead atoms. The summed E-state index contributed by atoms with van der Waals surface area (Å²) in [5, 5.41) is 3.81. The molecule has 8 nitrogen and oxygen atoms in total. The van der Waals surface area contributed by atoms with Gasteiger partial charge in [0.15, 0.2) is 0 Å². The third-order valence-corrected chi connectivity index (χ3v) is 5.52. The number of piperidine rings is 1. The van der Waals surface area contributed by atoms with Crippen LogP contribution in [0, 0.1) is 0 Å². The van der Waals surface area contributed by atoms with Crippen molar-refractivity contribution in [1.82, 2.24) is 24.5 Å². The van der Waals surface area contributed by atoms with Gasteiger partial charge < -0.3 is 14.4 Å². The number of hydrogen-bond donors (Lipinski definition) is 0. The minimum atomic E-state index is -2.68. The lowest BCUT2D eigenvalue weighted by Crippen LogP contribution is -2.41. The van der Waals surface area contributed by atoms with Gasteiger partial charge >= 0.3 is 0 Å². The number of aromatic nitrogens is 4. The number of halogens is 2. The van der Waals surface area contributed by atoms with Gasteiger partial charge in [-0.1, -0.05) is 0 Å². The Morgan fingerprint density at radius 2 is 2.21 bits per heavy atom. The quantitative estimate of drug-likeness (QED) is 0.729. The van der Waals surface area contributed by atoms with Gasteiger partial charge in [0.2, 0.25) is 5.91 Å². The van der Waals surface area contributed by atoms with Gasteiger partial charge in [-0.2, -0.15) is 14.6 Å². The standard InChI is InChI=1S/C19H25F2N5O3/c20-18(21)16-8-15(24-19-22-12-23-26(16)19)13-4-3-6-25(9-13)17(27)11-28-10-14-5-1-2-7-29-14/h8,12-14,18H,1-7,9-11H2/t13-,14-/m0/s1. The smallest absolute Gasteiger partial charge is 0.280 e. The molecule has 2 aromatic heterocycles. The molecule has 2 atom stereocenters. The van der Waals surface area contributed by atoms with Crippen LogP contribution in [0.2, 0.25) is 0 Å². The van der Waals surface area contributed by atoms with Crippen LogP contribution in [0.15, 0.2) is 12.4 Å². The minimum absolute atomic E-state index is 0.00546. The second kappa shape index (κ2) is 9.08. The second-order valence-electron chi connectivity index (χ2n) is 7.56. The summed E-state index contributed by atoms with van der Waals surface area (Å²) < 4.78 is 39.1. The summed E-state index contributed by atoms with van der Waals surface area (Å²) in [6, 6.07) is 1.38. The molecule has 0 aliphatic carbocycles. The molecule has 2 aliphatic heterocycles. The zero-order valence-corrected chi connectivity index (χ0v) is 16.2. The highest BCUT2D eigenvalue weighted by molar-refractivity contribution is 5.77. The molecule has 0 unspecified atom stereocenters. The monoisotopic (exact) mass is 409 g/mol. The minimum Gasteiger partial charge on any atom is -0.376 e. The number of carbonyl (C=O) groups is 1. The van der Waals surface area contributed by atoms with Crippen LogP contribution in [0.4, 0.5) is 8.78 Å². The maximum Gasteiger partial charge on any atom is 0.280 e. The zero-order valence-electron chi connectivity index (χ0n) is 16.2. The first-order chi connectivity index (χ1) is 14.1. The molecule has 0 saturated carbocycles. The van der Waals surface area contributed by atoms with Crippen LogP contribution in [0.25, 0.3) is 5.78 Å². The fourth-order valence-electron chi connectivity index (χ4n) is 3.97. The summed E-state index contributed by atoms with van der Waals surface area (Å²) in [7, 11) is 0. The predicted octanol–water partition coefficient (Wildman–Crippen LogP) is 2.35. The molecular weight excluding hydrogens is 384 g/mol. The van der Waals surface area contributed by atoms with Crippen molar-refractivity contribution >= 4 is 11.7 Å².